The Morgan fingerprint density at radius 1 is 1.38 bits per heavy atom. The SMILES string of the molecule is CCc1c(NC)ncnc1-c1cnn(C(CC#N)C2CCCC2)c1. The van der Waals surface area contributed by atoms with Gasteiger partial charge in [0.1, 0.15) is 12.1 Å². The molecule has 2 aromatic heterocycles. The maximum absolute atomic E-state index is 9.21. The number of aromatic nitrogens is 4. The zero-order valence-electron chi connectivity index (χ0n) is 14.4. The lowest BCUT2D eigenvalue weighted by atomic mass is 9.96. The molecular weight excluding hydrogens is 300 g/mol. The molecular formula is C18H24N6. The minimum Gasteiger partial charge on any atom is -0.373 e. The number of nitriles is 1. The van der Waals surface area contributed by atoms with Crippen molar-refractivity contribution in [1.82, 2.24) is 19.7 Å². The number of hydrogen-bond donors (Lipinski definition) is 1. The zero-order chi connectivity index (χ0) is 16.9. The fraction of sp³-hybridized carbons (Fsp3) is 0.556. The minimum atomic E-state index is 0.168. The molecule has 3 rings (SSSR count). The normalized spacial score (nSPS) is 16.0. The fourth-order valence-corrected chi connectivity index (χ4v) is 3.76. The second kappa shape index (κ2) is 7.43. The van der Waals surface area contributed by atoms with Gasteiger partial charge in [-0.2, -0.15) is 10.4 Å². The summed E-state index contributed by atoms with van der Waals surface area (Å²) in [6.07, 6.45) is 11.8. The van der Waals surface area contributed by atoms with Crippen molar-refractivity contribution in [2.24, 2.45) is 5.92 Å². The van der Waals surface area contributed by atoms with Crippen molar-refractivity contribution in [1.29, 1.82) is 5.26 Å². The van der Waals surface area contributed by atoms with Gasteiger partial charge in [0.15, 0.2) is 0 Å². The van der Waals surface area contributed by atoms with E-state index < -0.39 is 0 Å². The van der Waals surface area contributed by atoms with Crippen molar-refractivity contribution >= 4 is 5.82 Å². The number of rotatable bonds is 6. The largest absolute Gasteiger partial charge is 0.373 e. The first-order valence-electron chi connectivity index (χ1n) is 8.71. The van der Waals surface area contributed by atoms with Crippen LogP contribution in [0.25, 0.3) is 11.3 Å². The first-order valence-corrected chi connectivity index (χ1v) is 8.71. The third-order valence-corrected chi connectivity index (χ3v) is 4.99. The Balaban J connectivity index is 1.94. The van der Waals surface area contributed by atoms with E-state index in [-0.39, 0.29) is 6.04 Å². The maximum atomic E-state index is 9.21. The highest BCUT2D eigenvalue weighted by Crippen LogP contribution is 2.36. The van der Waals surface area contributed by atoms with Crippen LogP contribution in [0.3, 0.4) is 0 Å². The molecule has 1 aliphatic carbocycles. The lowest BCUT2D eigenvalue weighted by molar-refractivity contribution is 0.315. The van der Waals surface area contributed by atoms with E-state index >= 15 is 0 Å². The fourth-order valence-electron chi connectivity index (χ4n) is 3.76. The monoisotopic (exact) mass is 324 g/mol. The molecule has 0 aliphatic heterocycles. The summed E-state index contributed by atoms with van der Waals surface area (Å²) in [4.78, 5) is 8.77. The summed E-state index contributed by atoms with van der Waals surface area (Å²) in [6, 6.07) is 2.51. The van der Waals surface area contributed by atoms with Gasteiger partial charge in [0.2, 0.25) is 0 Å². The molecule has 1 atom stereocenters. The number of anilines is 1. The van der Waals surface area contributed by atoms with Gasteiger partial charge in [-0.25, -0.2) is 9.97 Å². The first-order chi connectivity index (χ1) is 11.8. The van der Waals surface area contributed by atoms with E-state index in [1.165, 1.54) is 25.7 Å². The average molecular weight is 324 g/mol. The van der Waals surface area contributed by atoms with E-state index in [0.717, 1.165) is 29.1 Å². The van der Waals surface area contributed by atoms with Gasteiger partial charge in [0.25, 0.3) is 0 Å². The summed E-state index contributed by atoms with van der Waals surface area (Å²) in [5.41, 5.74) is 3.01. The smallest absolute Gasteiger partial charge is 0.132 e. The highest BCUT2D eigenvalue weighted by atomic mass is 15.3. The highest BCUT2D eigenvalue weighted by molar-refractivity contribution is 5.67. The van der Waals surface area contributed by atoms with Crippen LogP contribution in [0, 0.1) is 17.2 Å². The van der Waals surface area contributed by atoms with E-state index in [9.17, 15) is 5.26 Å². The molecule has 1 N–H and O–H groups in total. The van der Waals surface area contributed by atoms with Crippen molar-refractivity contribution in [3.05, 3.63) is 24.3 Å². The molecule has 1 aliphatic rings. The van der Waals surface area contributed by atoms with Gasteiger partial charge in [-0.15, -0.1) is 0 Å². The number of nitrogens with zero attached hydrogens (tertiary/aromatic N) is 5. The van der Waals surface area contributed by atoms with Gasteiger partial charge >= 0.3 is 0 Å². The van der Waals surface area contributed by atoms with Crippen LogP contribution in [0.5, 0.6) is 0 Å². The summed E-state index contributed by atoms with van der Waals surface area (Å²) >= 11 is 0. The van der Waals surface area contributed by atoms with Crippen molar-refractivity contribution in [3.63, 3.8) is 0 Å². The van der Waals surface area contributed by atoms with Crippen LogP contribution in [0.2, 0.25) is 0 Å². The Morgan fingerprint density at radius 3 is 2.83 bits per heavy atom. The van der Waals surface area contributed by atoms with Gasteiger partial charge in [0, 0.05) is 24.4 Å². The van der Waals surface area contributed by atoms with E-state index in [1.807, 2.05) is 24.1 Å². The summed E-state index contributed by atoms with van der Waals surface area (Å²) in [5.74, 6) is 1.42. The molecule has 0 spiro atoms. The molecule has 1 unspecified atom stereocenters. The van der Waals surface area contributed by atoms with Gasteiger partial charge in [-0.3, -0.25) is 4.68 Å². The Bertz CT molecular complexity index is 723. The Kier molecular flexibility index (Phi) is 5.09. The minimum absolute atomic E-state index is 0.168. The standard InChI is InChI=1S/C18H24N6/c1-3-15-17(21-12-22-18(15)20-2)14-10-23-24(11-14)16(8-9-19)13-6-4-5-7-13/h10-13,16H,3-8H2,1-2H3,(H,20,21,22). The van der Waals surface area contributed by atoms with Gasteiger partial charge < -0.3 is 5.32 Å². The molecule has 1 fully saturated rings. The second-order valence-electron chi connectivity index (χ2n) is 6.34. The topological polar surface area (TPSA) is 79.4 Å². The molecule has 126 valence electrons. The number of hydrogen-bond acceptors (Lipinski definition) is 5. The van der Waals surface area contributed by atoms with E-state index in [1.54, 1.807) is 6.33 Å². The lowest BCUT2D eigenvalue weighted by Crippen LogP contribution is -2.17. The van der Waals surface area contributed by atoms with Gasteiger partial charge in [-0.05, 0) is 25.2 Å². The van der Waals surface area contributed by atoms with Crippen LogP contribution < -0.4 is 5.32 Å². The van der Waals surface area contributed by atoms with Crippen LogP contribution in [0.15, 0.2) is 18.7 Å². The van der Waals surface area contributed by atoms with Crippen LogP contribution in [0.4, 0.5) is 5.82 Å². The summed E-state index contributed by atoms with van der Waals surface area (Å²) < 4.78 is 1.98. The van der Waals surface area contributed by atoms with Crippen LogP contribution >= 0.6 is 0 Å². The highest BCUT2D eigenvalue weighted by Gasteiger charge is 2.27. The molecule has 0 bridgehead atoms. The first kappa shape index (κ1) is 16.4. The molecule has 6 nitrogen and oxygen atoms in total. The van der Waals surface area contributed by atoms with E-state index in [4.69, 9.17) is 0 Å². The number of nitrogens with one attached hydrogen (secondary N) is 1. The molecule has 0 saturated heterocycles. The lowest BCUT2D eigenvalue weighted by Gasteiger charge is -2.21. The molecule has 0 aromatic carbocycles. The Morgan fingerprint density at radius 2 is 2.17 bits per heavy atom. The van der Waals surface area contributed by atoms with Crippen molar-refractivity contribution in [2.45, 2.75) is 51.5 Å². The van der Waals surface area contributed by atoms with Crippen LogP contribution in [-0.4, -0.2) is 26.8 Å². The Hall–Kier alpha value is -2.42. The van der Waals surface area contributed by atoms with Crippen molar-refractivity contribution < 1.29 is 0 Å². The molecule has 6 heteroatoms. The predicted molar refractivity (Wildman–Crippen MR) is 93.4 cm³/mol. The Labute approximate surface area is 142 Å². The molecule has 0 radical (unpaired) electrons. The predicted octanol–water partition coefficient (Wildman–Crippen LogP) is 3.59. The van der Waals surface area contributed by atoms with Crippen LogP contribution in [0.1, 0.15) is 50.6 Å². The van der Waals surface area contributed by atoms with E-state index in [2.05, 4.69) is 33.4 Å². The molecule has 0 amide bonds. The quantitative estimate of drug-likeness (QED) is 0.878. The maximum Gasteiger partial charge on any atom is 0.132 e. The van der Waals surface area contributed by atoms with Crippen molar-refractivity contribution in [2.75, 3.05) is 12.4 Å². The van der Waals surface area contributed by atoms with Crippen LogP contribution in [-0.2, 0) is 6.42 Å². The van der Waals surface area contributed by atoms with Gasteiger partial charge in [-0.1, -0.05) is 19.8 Å². The van der Waals surface area contributed by atoms with Gasteiger partial charge in [0.05, 0.1) is 30.4 Å². The summed E-state index contributed by atoms with van der Waals surface area (Å²) in [5, 5.41) is 16.9. The second-order valence-corrected chi connectivity index (χ2v) is 6.34. The van der Waals surface area contributed by atoms with E-state index in [0.29, 0.717) is 12.3 Å². The summed E-state index contributed by atoms with van der Waals surface area (Å²) in [6.45, 7) is 2.10. The third kappa shape index (κ3) is 3.12. The zero-order valence-corrected chi connectivity index (χ0v) is 14.4. The third-order valence-electron chi connectivity index (χ3n) is 4.99. The molecule has 2 heterocycles. The summed E-state index contributed by atoms with van der Waals surface area (Å²) in [7, 11) is 1.87. The van der Waals surface area contributed by atoms with Crippen molar-refractivity contribution in [3.8, 4) is 17.3 Å². The average Bonchev–Trinajstić information content (AvgIpc) is 3.30. The molecule has 1 saturated carbocycles. The molecule has 2 aromatic rings. The molecule has 24 heavy (non-hydrogen) atoms.